The number of hydrogen-bond acceptors (Lipinski definition) is 4. The van der Waals surface area contributed by atoms with Crippen LogP contribution >= 0.6 is 11.8 Å². The van der Waals surface area contributed by atoms with E-state index in [0.29, 0.717) is 0 Å². The highest BCUT2D eigenvalue weighted by Crippen LogP contribution is 2.28. The van der Waals surface area contributed by atoms with E-state index >= 15 is 0 Å². The number of ether oxygens (including phenoxy) is 1. The number of thioether (sulfide) groups is 1. The first-order valence-corrected chi connectivity index (χ1v) is 10.3. The van der Waals surface area contributed by atoms with Gasteiger partial charge in [0.05, 0.1) is 0 Å². The number of nitrogens with zero attached hydrogens (tertiary/aromatic N) is 3. The molecule has 2 aromatic carbocycles. The van der Waals surface area contributed by atoms with Gasteiger partial charge in [0.2, 0.25) is 0 Å². The molecule has 0 N–H and O–H groups in total. The third-order valence-corrected chi connectivity index (χ3v) is 5.55. The zero-order valence-corrected chi connectivity index (χ0v) is 17.5. The van der Waals surface area contributed by atoms with E-state index in [2.05, 4.69) is 78.9 Å². The zero-order chi connectivity index (χ0) is 19.4. The molecular weight excluding hydrogens is 354 g/mol. The number of rotatable bonds is 7. The fraction of sp³-hybridized carbons (Fsp3) is 0.364. The van der Waals surface area contributed by atoms with Crippen molar-refractivity contribution in [3.8, 4) is 5.75 Å². The van der Waals surface area contributed by atoms with E-state index in [4.69, 9.17) is 4.74 Å². The summed E-state index contributed by atoms with van der Waals surface area (Å²) in [5.74, 6) is 2.64. The number of benzene rings is 2. The second-order valence-corrected chi connectivity index (χ2v) is 7.83. The molecule has 0 radical (unpaired) electrons. The summed E-state index contributed by atoms with van der Waals surface area (Å²) in [6.07, 6.45) is -0.160. The third kappa shape index (κ3) is 4.72. The summed E-state index contributed by atoms with van der Waals surface area (Å²) in [4.78, 5) is 0. The average Bonchev–Trinajstić information content (AvgIpc) is 3.05. The maximum absolute atomic E-state index is 6.19. The van der Waals surface area contributed by atoms with Crippen molar-refractivity contribution in [2.45, 2.75) is 58.2 Å². The first-order valence-electron chi connectivity index (χ1n) is 9.33. The van der Waals surface area contributed by atoms with Gasteiger partial charge in [0.25, 0.3) is 0 Å². The van der Waals surface area contributed by atoms with E-state index in [1.54, 1.807) is 11.8 Å². The van der Waals surface area contributed by atoms with Gasteiger partial charge < -0.3 is 9.30 Å². The highest BCUT2D eigenvalue weighted by Gasteiger charge is 2.19. The SMILES string of the molecule is CCn1c(SCc2cccc(C)c2)nnc1C(C)Oc1ccc(C)cc1C. The quantitative estimate of drug-likeness (QED) is 0.495. The lowest BCUT2D eigenvalue weighted by Crippen LogP contribution is -2.12. The van der Waals surface area contributed by atoms with Gasteiger partial charge in [-0.25, -0.2) is 0 Å². The van der Waals surface area contributed by atoms with Gasteiger partial charge in [0.1, 0.15) is 5.75 Å². The minimum Gasteiger partial charge on any atom is -0.482 e. The molecule has 0 fully saturated rings. The standard InChI is InChI=1S/C22H27N3OS/c1-6-25-21(18(5)26-20-11-10-16(3)12-17(20)4)23-24-22(25)27-14-19-9-7-8-15(2)13-19/h7-13,18H,6,14H2,1-5H3. The zero-order valence-electron chi connectivity index (χ0n) is 16.7. The molecule has 1 atom stereocenters. The molecule has 3 aromatic rings. The Morgan fingerprint density at radius 3 is 2.52 bits per heavy atom. The van der Waals surface area contributed by atoms with Gasteiger partial charge in [-0.1, -0.05) is 59.3 Å². The molecule has 1 heterocycles. The second kappa shape index (κ2) is 8.61. The molecule has 3 rings (SSSR count). The molecule has 0 amide bonds. The first kappa shape index (κ1) is 19.5. The van der Waals surface area contributed by atoms with Crippen LogP contribution in [-0.4, -0.2) is 14.8 Å². The maximum Gasteiger partial charge on any atom is 0.191 e. The van der Waals surface area contributed by atoms with Crippen molar-refractivity contribution in [3.63, 3.8) is 0 Å². The summed E-state index contributed by atoms with van der Waals surface area (Å²) in [5.41, 5.74) is 4.95. The Morgan fingerprint density at radius 2 is 1.81 bits per heavy atom. The Kier molecular flexibility index (Phi) is 6.22. The van der Waals surface area contributed by atoms with Gasteiger partial charge in [-0.2, -0.15) is 0 Å². The normalized spacial score (nSPS) is 12.2. The van der Waals surface area contributed by atoms with Crippen molar-refractivity contribution in [2.24, 2.45) is 0 Å². The van der Waals surface area contributed by atoms with Gasteiger partial charge >= 0.3 is 0 Å². The fourth-order valence-corrected chi connectivity index (χ4v) is 4.08. The van der Waals surface area contributed by atoms with E-state index in [1.807, 2.05) is 13.0 Å². The predicted molar refractivity (Wildman–Crippen MR) is 111 cm³/mol. The largest absolute Gasteiger partial charge is 0.482 e. The average molecular weight is 382 g/mol. The Morgan fingerprint density at radius 1 is 1.04 bits per heavy atom. The molecule has 27 heavy (non-hydrogen) atoms. The molecule has 0 aliphatic carbocycles. The van der Waals surface area contributed by atoms with Crippen molar-refractivity contribution in [2.75, 3.05) is 0 Å². The van der Waals surface area contributed by atoms with E-state index < -0.39 is 0 Å². The molecular formula is C22H27N3OS. The summed E-state index contributed by atoms with van der Waals surface area (Å²) in [5, 5.41) is 9.78. The number of aromatic nitrogens is 3. The molecule has 142 valence electrons. The first-order chi connectivity index (χ1) is 13.0. The molecule has 0 bridgehead atoms. The van der Waals surface area contributed by atoms with Crippen LogP contribution in [0.1, 0.15) is 48.0 Å². The van der Waals surface area contributed by atoms with Crippen LogP contribution in [0, 0.1) is 20.8 Å². The number of hydrogen-bond donors (Lipinski definition) is 0. The molecule has 5 heteroatoms. The Balaban J connectivity index is 1.74. The summed E-state index contributed by atoms with van der Waals surface area (Å²) < 4.78 is 8.34. The lowest BCUT2D eigenvalue weighted by molar-refractivity contribution is 0.208. The molecule has 0 aliphatic heterocycles. The van der Waals surface area contributed by atoms with Crippen LogP contribution in [0.2, 0.25) is 0 Å². The minimum atomic E-state index is -0.160. The predicted octanol–water partition coefficient (Wildman–Crippen LogP) is 5.66. The molecule has 0 saturated carbocycles. The van der Waals surface area contributed by atoms with Gasteiger partial charge in [0, 0.05) is 12.3 Å². The van der Waals surface area contributed by atoms with Crippen molar-refractivity contribution >= 4 is 11.8 Å². The molecule has 0 spiro atoms. The Hall–Kier alpha value is -2.27. The van der Waals surface area contributed by atoms with Gasteiger partial charge in [0.15, 0.2) is 17.1 Å². The molecule has 0 aliphatic rings. The molecule has 1 unspecified atom stereocenters. The molecule has 0 saturated heterocycles. The van der Waals surface area contributed by atoms with E-state index in [9.17, 15) is 0 Å². The van der Waals surface area contributed by atoms with Crippen molar-refractivity contribution < 1.29 is 4.74 Å². The minimum absolute atomic E-state index is 0.160. The smallest absolute Gasteiger partial charge is 0.191 e. The third-order valence-electron chi connectivity index (χ3n) is 4.51. The summed E-state index contributed by atoms with van der Waals surface area (Å²) in [7, 11) is 0. The lowest BCUT2D eigenvalue weighted by Gasteiger charge is -2.17. The monoisotopic (exact) mass is 381 g/mol. The summed E-state index contributed by atoms with van der Waals surface area (Å²) in [6, 6.07) is 14.8. The van der Waals surface area contributed by atoms with Crippen LogP contribution < -0.4 is 4.74 Å². The second-order valence-electron chi connectivity index (χ2n) is 6.89. The number of aryl methyl sites for hydroxylation is 3. The van der Waals surface area contributed by atoms with Crippen molar-refractivity contribution in [1.29, 1.82) is 0 Å². The highest BCUT2D eigenvalue weighted by molar-refractivity contribution is 7.98. The highest BCUT2D eigenvalue weighted by atomic mass is 32.2. The van der Waals surface area contributed by atoms with Crippen LogP contribution in [0.15, 0.2) is 47.6 Å². The Labute approximate surface area is 166 Å². The summed E-state index contributed by atoms with van der Waals surface area (Å²) >= 11 is 1.72. The van der Waals surface area contributed by atoms with Crippen LogP contribution in [-0.2, 0) is 12.3 Å². The van der Waals surface area contributed by atoms with Crippen LogP contribution in [0.3, 0.4) is 0 Å². The topological polar surface area (TPSA) is 39.9 Å². The van der Waals surface area contributed by atoms with Gasteiger partial charge in [-0.05, 0) is 51.8 Å². The fourth-order valence-electron chi connectivity index (χ4n) is 3.13. The van der Waals surface area contributed by atoms with Crippen LogP contribution in [0.4, 0.5) is 0 Å². The van der Waals surface area contributed by atoms with Gasteiger partial charge in [-0.3, -0.25) is 0 Å². The van der Waals surface area contributed by atoms with Gasteiger partial charge in [-0.15, -0.1) is 10.2 Å². The molecule has 1 aromatic heterocycles. The van der Waals surface area contributed by atoms with Crippen molar-refractivity contribution in [1.82, 2.24) is 14.8 Å². The molecule has 4 nitrogen and oxygen atoms in total. The lowest BCUT2D eigenvalue weighted by atomic mass is 10.1. The summed E-state index contributed by atoms with van der Waals surface area (Å²) in [6.45, 7) is 11.2. The Bertz CT molecular complexity index is 920. The van der Waals surface area contributed by atoms with Crippen LogP contribution in [0.25, 0.3) is 0 Å². The van der Waals surface area contributed by atoms with E-state index in [0.717, 1.165) is 34.6 Å². The van der Waals surface area contributed by atoms with E-state index in [-0.39, 0.29) is 6.10 Å². The van der Waals surface area contributed by atoms with Crippen LogP contribution in [0.5, 0.6) is 5.75 Å². The van der Waals surface area contributed by atoms with E-state index in [1.165, 1.54) is 16.7 Å². The maximum atomic E-state index is 6.19. The van der Waals surface area contributed by atoms with Crippen molar-refractivity contribution in [3.05, 3.63) is 70.5 Å².